The molecule has 5 heteroatoms. The summed E-state index contributed by atoms with van der Waals surface area (Å²) in [5, 5.41) is 10.0. The van der Waals surface area contributed by atoms with Crippen LogP contribution in [0.2, 0.25) is 0 Å². The van der Waals surface area contributed by atoms with Gasteiger partial charge >= 0.3 is 0 Å². The Morgan fingerprint density at radius 2 is 1.84 bits per heavy atom. The molecule has 0 spiro atoms. The summed E-state index contributed by atoms with van der Waals surface area (Å²) in [7, 11) is 2.23. The Morgan fingerprint density at radius 1 is 1.21 bits per heavy atom. The molecule has 0 radical (unpaired) electrons. The van der Waals surface area contributed by atoms with Crippen LogP contribution in [0.25, 0.3) is 0 Å². The monoisotopic (exact) mass is 330 g/mol. The van der Waals surface area contributed by atoms with Gasteiger partial charge in [-0.15, -0.1) is 0 Å². The third-order valence-electron chi connectivity index (χ3n) is 3.59. The molecule has 1 aliphatic rings. The molecule has 0 bridgehead atoms. The molecule has 0 aliphatic carbocycles. The predicted molar refractivity (Wildman–Crippen MR) is 77.8 cm³/mol. The number of piperazine rings is 1. The first-order chi connectivity index (χ1) is 9.13. The van der Waals surface area contributed by atoms with E-state index in [-0.39, 0.29) is 0 Å². The van der Waals surface area contributed by atoms with Gasteiger partial charge in [-0.1, -0.05) is 15.9 Å². The average molecular weight is 331 g/mol. The number of hydrogen-bond acceptors (Lipinski definition) is 2. The molecule has 3 N–H and O–H groups in total. The van der Waals surface area contributed by atoms with Crippen molar-refractivity contribution in [3.05, 3.63) is 28.7 Å². The van der Waals surface area contributed by atoms with Crippen molar-refractivity contribution in [2.75, 3.05) is 46.4 Å². The maximum absolute atomic E-state index is 10.0. The standard InChI is InChI=1S/C14H21BrN2O2/c1-16-6-8-17(9-7-16)10-13(18)11-19-14-4-2-12(15)3-5-14/h2-5,13,18H,6-11H2,1H3/p+2/t13-/m1/s1. The van der Waals surface area contributed by atoms with Crippen molar-refractivity contribution >= 4 is 15.9 Å². The van der Waals surface area contributed by atoms with Crippen molar-refractivity contribution in [2.24, 2.45) is 0 Å². The minimum absolute atomic E-state index is 0.369. The molecule has 1 atom stereocenters. The number of quaternary nitrogens is 2. The van der Waals surface area contributed by atoms with Crippen LogP contribution in [0.3, 0.4) is 0 Å². The van der Waals surface area contributed by atoms with Gasteiger partial charge in [0.05, 0.1) is 7.05 Å². The smallest absolute Gasteiger partial charge is 0.137 e. The first-order valence-electron chi connectivity index (χ1n) is 6.85. The highest BCUT2D eigenvalue weighted by Gasteiger charge is 2.22. The fourth-order valence-corrected chi connectivity index (χ4v) is 2.61. The molecule has 0 unspecified atom stereocenters. The van der Waals surface area contributed by atoms with Crippen LogP contribution in [0.4, 0.5) is 0 Å². The van der Waals surface area contributed by atoms with E-state index in [4.69, 9.17) is 4.74 Å². The third-order valence-corrected chi connectivity index (χ3v) is 4.12. The van der Waals surface area contributed by atoms with Gasteiger partial charge in [-0.2, -0.15) is 0 Å². The van der Waals surface area contributed by atoms with Crippen molar-refractivity contribution in [1.82, 2.24) is 0 Å². The zero-order chi connectivity index (χ0) is 13.7. The number of benzene rings is 1. The molecule has 0 aromatic heterocycles. The summed E-state index contributed by atoms with van der Waals surface area (Å²) in [5.41, 5.74) is 0. The van der Waals surface area contributed by atoms with E-state index in [1.54, 1.807) is 4.90 Å². The van der Waals surface area contributed by atoms with E-state index in [1.165, 1.54) is 18.0 Å². The highest BCUT2D eigenvalue weighted by atomic mass is 79.9. The molecule has 1 aromatic rings. The van der Waals surface area contributed by atoms with Gasteiger partial charge < -0.3 is 19.6 Å². The zero-order valence-electron chi connectivity index (χ0n) is 11.4. The van der Waals surface area contributed by atoms with Gasteiger partial charge in [0.2, 0.25) is 0 Å². The molecule has 1 fully saturated rings. The average Bonchev–Trinajstić information content (AvgIpc) is 2.41. The molecule has 106 valence electrons. The van der Waals surface area contributed by atoms with E-state index in [0.29, 0.717) is 6.61 Å². The molecular formula is C14H23BrN2O2+2. The van der Waals surface area contributed by atoms with Crippen molar-refractivity contribution in [3.8, 4) is 5.75 Å². The SMILES string of the molecule is C[NH+]1CC[NH+](C[C@@H](O)COc2ccc(Br)cc2)CC1. The molecule has 4 nitrogen and oxygen atoms in total. The van der Waals surface area contributed by atoms with Gasteiger partial charge in [0.15, 0.2) is 0 Å². The number of halogens is 1. The number of rotatable bonds is 5. The van der Waals surface area contributed by atoms with Gasteiger partial charge in [-0.3, -0.25) is 0 Å². The lowest BCUT2D eigenvalue weighted by Gasteiger charge is -2.28. The molecular weight excluding hydrogens is 308 g/mol. The van der Waals surface area contributed by atoms with Crippen molar-refractivity contribution in [3.63, 3.8) is 0 Å². The predicted octanol–water partition coefficient (Wildman–Crippen LogP) is -1.40. The quantitative estimate of drug-likeness (QED) is 0.621. The maximum atomic E-state index is 10.0. The molecule has 0 saturated carbocycles. The lowest BCUT2D eigenvalue weighted by molar-refractivity contribution is -1.00. The Labute approximate surface area is 123 Å². The Morgan fingerprint density at radius 3 is 2.47 bits per heavy atom. The fraction of sp³-hybridized carbons (Fsp3) is 0.571. The summed E-state index contributed by atoms with van der Waals surface area (Å²) in [4.78, 5) is 3.07. The molecule has 1 saturated heterocycles. The first kappa shape index (κ1) is 14.8. The van der Waals surface area contributed by atoms with Crippen LogP contribution in [0.15, 0.2) is 28.7 Å². The second-order valence-electron chi connectivity index (χ2n) is 5.33. The van der Waals surface area contributed by atoms with Gasteiger partial charge in [0.25, 0.3) is 0 Å². The van der Waals surface area contributed by atoms with E-state index >= 15 is 0 Å². The van der Waals surface area contributed by atoms with Gasteiger partial charge in [0.1, 0.15) is 51.2 Å². The minimum Gasteiger partial charge on any atom is -0.491 e. The normalized spacial score (nSPS) is 25.0. The topological polar surface area (TPSA) is 38.3 Å². The van der Waals surface area contributed by atoms with Crippen LogP contribution in [-0.2, 0) is 0 Å². The summed E-state index contributed by atoms with van der Waals surface area (Å²) in [6.07, 6.45) is -0.392. The molecule has 1 aliphatic heterocycles. The lowest BCUT2D eigenvalue weighted by atomic mass is 10.3. The van der Waals surface area contributed by atoms with Crippen LogP contribution in [-0.4, -0.2) is 57.6 Å². The largest absolute Gasteiger partial charge is 0.491 e. The zero-order valence-corrected chi connectivity index (χ0v) is 12.9. The highest BCUT2D eigenvalue weighted by molar-refractivity contribution is 9.10. The molecule has 2 rings (SSSR count). The van der Waals surface area contributed by atoms with E-state index in [9.17, 15) is 5.11 Å². The number of hydrogen-bond donors (Lipinski definition) is 3. The minimum atomic E-state index is -0.392. The molecule has 1 aromatic carbocycles. The summed E-state index contributed by atoms with van der Waals surface area (Å²) in [6, 6.07) is 7.69. The van der Waals surface area contributed by atoms with E-state index in [1.807, 2.05) is 24.3 Å². The lowest BCUT2D eigenvalue weighted by Crippen LogP contribution is -3.27. The van der Waals surface area contributed by atoms with Crippen LogP contribution in [0.1, 0.15) is 0 Å². The van der Waals surface area contributed by atoms with Crippen LogP contribution in [0.5, 0.6) is 5.75 Å². The summed E-state index contributed by atoms with van der Waals surface area (Å²) in [6.45, 7) is 5.81. The summed E-state index contributed by atoms with van der Waals surface area (Å²) < 4.78 is 6.63. The maximum Gasteiger partial charge on any atom is 0.137 e. The summed E-state index contributed by atoms with van der Waals surface area (Å²) >= 11 is 3.39. The molecule has 19 heavy (non-hydrogen) atoms. The number of ether oxygens (including phenoxy) is 1. The van der Waals surface area contributed by atoms with Gasteiger partial charge in [-0.25, -0.2) is 0 Å². The van der Waals surface area contributed by atoms with Gasteiger partial charge in [-0.05, 0) is 24.3 Å². The van der Waals surface area contributed by atoms with Gasteiger partial charge in [0, 0.05) is 4.47 Å². The number of nitrogens with one attached hydrogen (secondary N) is 2. The van der Waals surface area contributed by atoms with Crippen molar-refractivity contribution in [2.45, 2.75) is 6.10 Å². The van der Waals surface area contributed by atoms with Crippen LogP contribution < -0.4 is 14.5 Å². The second kappa shape index (κ2) is 7.24. The molecule has 1 heterocycles. The molecule has 0 amide bonds. The number of likely N-dealkylation sites (N-methyl/N-ethyl adjacent to an activating group) is 1. The van der Waals surface area contributed by atoms with Crippen molar-refractivity contribution < 1.29 is 19.6 Å². The Kier molecular flexibility index (Phi) is 5.63. The summed E-state index contributed by atoms with van der Waals surface area (Å²) in [5.74, 6) is 0.806. The third kappa shape index (κ3) is 5.10. The van der Waals surface area contributed by atoms with E-state index in [2.05, 4.69) is 23.0 Å². The number of aliphatic hydroxyl groups is 1. The van der Waals surface area contributed by atoms with Crippen molar-refractivity contribution in [1.29, 1.82) is 0 Å². The van der Waals surface area contributed by atoms with Crippen LogP contribution >= 0.6 is 15.9 Å². The Hall–Kier alpha value is -0.620. The second-order valence-corrected chi connectivity index (χ2v) is 6.25. The number of aliphatic hydroxyl groups excluding tert-OH is 1. The van der Waals surface area contributed by atoms with Crippen LogP contribution in [0, 0.1) is 0 Å². The van der Waals surface area contributed by atoms with E-state index in [0.717, 1.165) is 29.9 Å². The van der Waals surface area contributed by atoms with E-state index < -0.39 is 6.10 Å². The Bertz CT molecular complexity index is 378. The fourth-order valence-electron chi connectivity index (χ4n) is 2.35. The first-order valence-corrected chi connectivity index (χ1v) is 7.64. The highest BCUT2D eigenvalue weighted by Crippen LogP contribution is 2.15. The Balaban J connectivity index is 1.69.